The van der Waals surface area contributed by atoms with Crippen LogP contribution >= 0.6 is 0 Å². The van der Waals surface area contributed by atoms with E-state index < -0.39 is 0 Å². The molecule has 0 aliphatic rings. The standard InChI is InChI=1S/C12H17FN2O/c1-9-3-4-11(13)7-10(9)8-15-6-5-12(16)14-2/h3-4,7,15H,5-6,8H2,1-2H3,(H,14,16). The van der Waals surface area contributed by atoms with Crippen LogP contribution in [0.25, 0.3) is 0 Å². The first-order chi connectivity index (χ1) is 7.63. The van der Waals surface area contributed by atoms with Crippen molar-refractivity contribution < 1.29 is 9.18 Å². The Hall–Kier alpha value is -1.42. The second kappa shape index (κ2) is 6.23. The lowest BCUT2D eigenvalue weighted by molar-refractivity contribution is -0.120. The summed E-state index contributed by atoms with van der Waals surface area (Å²) in [4.78, 5) is 10.9. The number of carbonyl (C=O) groups is 1. The topological polar surface area (TPSA) is 41.1 Å². The molecule has 0 saturated carbocycles. The van der Waals surface area contributed by atoms with Crippen molar-refractivity contribution in [2.24, 2.45) is 0 Å². The first-order valence-electron chi connectivity index (χ1n) is 5.30. The summed E-state index contributed by atoms with van der Waals surface area (Å²) < 4.78 is 12.9. The Morgan fingerprint density at radius 2 is 2.19 bits per heavy atom. The molecule has 1 rings (SSSR count). The summed E-state index contributed by atoms with van der Waals surface area (Å²) in [5.41, 5.74) is 1.98. The van der Waals surface area contributed by atoms with Crippen LogP contribution in [0.3, 0.4) is 0 Å². The minimum Gasteiger partial charge on any atom is -0.359 e. The van der Waals surface area contributed by atoms with E-state index in [9.17, 15) is 9.18 Å². The molecule has 0 fully saturated rings. The smallest absolute Gasteiger partial charge is 0.221 e. The highest BCUT2D eigenvalue weighted by atomic mass is 19.1. The van der Waals surface area contributed by atoms with E-state index in [1.165, 1.54) is 12.1 Å². The van der Waals surface area contributed by atoms with Gasteiger partial charge in [0, 0.05) is 26.6 Å². The fraction of sp³-hybridized carbons (Fsp3) is 0.417. The van der Waals surface area contributed by atoms with Crippen molar-refractivity contribution in [2.45, 2.75) is 19.9 Å². The van der Waals surface area contributed by atoms with Gasteiger partial charge < -0.3 is 10.6 Å². The number of aryl methyl sites for hydroxylation is 1. The Labute approximate surface area is 95.0 Å². The lowest BCUT2D eigenvalue weighted by Gasteiger charge is -2.07. The van der Waals surface area contributed by atoms with Gasteiger partial charge in [0.1, 0.15) is 5.82 Å². The van der Waals surface area contributed by atoms with E-state index in [-0.39, 0.29) is 11.7 Å². The fourth-order valence-electron chi connectivity index (χ4n) is 1.38. The van der Waals surface area contributed by atoms with Gasteiger partial charge in [-0.1, -0.05) is 6.07 Å². The lowest BCUT2D eigenvalue weighted by Crippen LogP contribution is -2.24. The number of carbonyl (C=O) groups excluding carboxylic acids is 1. The summed E-state index contributed by atoms with van der Waals surface area (Å²) >= 11 is 0. The predicted octanol–water partition coefficient (Wildman–Crippen LogP) is 1.36. The number of halogens is 1. The van der Waals surface area contributed by atoms with Crippen LogP contribution in [-0.4, -0.2) is 19.5 Å². The molecule has 0 radical (unpaired) electrons. The highest BCUT2D eigenvalue weighted by molar-refractivity contribution is 5.75. The quantitative estimate of drug-likeness (QED) is 0.741. The van der Waals surface area contributed by atoms with Gasteiger partial charge >= 0.3 is 0 Å². The highest BCUT2D eigenvalue weighted by Crippen LogP contribution is 2.09. The van der Waals surface area contributed by atoms with E-state index in [0.717, 1.165) is 11.1 Å². The maximum Gasteiger partial charge on any atom is 0.221 e. The highest BCUT2D eigenvalue weighted by Gasteiger charge is 2.01. The van der Waals surface area contributed by atoms with Gasteiger partial charge in [-0.2, -0.15) is 0 Å². The van der Waals surface area contributed by atoms with Gasteiger partial charge in [0.25, 0.3) is 0 Å². The van der Waals surface area contributed by atoms with E-state index in [2.05, 4.69) is 10.6 Å². The van der Waals surface area contributed by atoms with Gasteiger partial charge in [-0.05, 0) is 30.2 Å². The first kappa shape index (κ1) is 12.6. The lowest BCUT2D eigenvalue weighted by atomic mass is 10.1. The number of hydrogen-bond acceptors (Lipinski definition) is 2. The molecule has 1 amide bonds. The molecule has 0 heterocycles. The molecular weight excluding hydrogens is 207 g/mol. The van der Waals surface area contributed by atoms with E-state index >= 15 is 0 Å². The number of amides is 1. The van der Waals surface area contributed by atoms with Crippen LogP contribution in [0.1, 0.15) is 17.5 Å². The molecule has 1 aromatic rings. The number of benzene rings is 1. The van der Waals surface area contributed by atoms with E-state index in [0.29, 0.717) is 19.5 Å². The molecule has 0 unspecified atom stereocenters. The molecule has 0 spiro atoms. The van der Waals surface area contributed by atoms with Gasteiger partial charge in [0.15, 0.2) is 0 Å². The van der Waals surface area contributed by atoms with Crippen LogP contribution in [-0.2, 0) is 11.3 Å². The summed E-state index contributed by atoms with van der Waals surface area (Å²) in [5, 5.41) is 5.65. The zero-order chi connectivity index (χ0) is 12.0. The van der Waals surface area contributed by atoms with E-state index in [1.54, 1.807) is 13.1 Å². The van der Waals surface area contributed by atoms with Crippen molar-refractivity contribution in [1.29, 1.82) is 0 Å². The molecule has 0 aliphatic heterocycles. The average molecular weight is 224 g/mol. The molecule has 16 heavy (non-hydrogen) atoms. The Morgan fingerprint density at radius 3 is 2.88 bits per heavy atom. The second-order valence-electron chi connectivity index (χ2n) is 3.67. The molecule has 0 aliphatic carbocycles. The third-order valence-electron chi connectivity index (χ3n) is 2.43. The van der Waals surface area contributed by atoms with Gasteiger partial charge in [-0.15, -0.1) is 0 Å². The Morgan fingerprint density at radius 1 is 1.44 bits per heavy atom. The van der Waals surface area contributed by atoms with Crippen LogP contribution < -0.4 is 10.6 Å². The Bertz CT molecular complexity index is 366. The van der Waals surface area contributed by atoms with Crippen LogP contribution in [0.15, 0.2) is 18.2 Å². The van der Waals surface area contributed by atoms with E-state index in [1.807, 2.05) is 6.92 Å². The van der Waals surface area contributed by atoms with Gasteiger partial charge in [0.05, 0.1) is 0 Å². The summed E-state index contributed by atoms with van der Waals surface area (Å²) in [6.07, 6.45) is 0.435. The second-order valence-corrected chi connectivity index (χ2v) is 3.67. The average Bonchev–Trinajstić information content (AvgIpc) is 2.28. The fourth-order valence-corrected chi connectivity index (χ4v) is 1.38. The van der Waals surface area contributed by atoms with Crippen molar-refractivity contribution in [1.82, 2.24) is 10.6 Å². The van der Waals surface area contributed by atoms with Crippen LogP contribution in [0.2, 0.25) is 0 Å². The summed E-state index contributed by atoms with van der Waals surface area (Å²) in [6.45, 7) is 3.12. The molecule has 1 aromatic carbocycles. The number of nitrogens with one attached hydrogen (secondary N) is 2. The minimum atomic E-state index is -0.228. The SMILES string of the molecule is CNC(=O)CCNCc1cc(F)ccc1C. The summed E-state index contributed by atoms with van der Waals surface area (Å²) in [5.74, 6) is -0.225. The molecule has 2 N–H and O–H groups in total. The largest absolute Gasteiger partial charge is 0.359 e. The molecule has 4 heteroatoms. The van der Waals surface area contributed by atoms with Crippen molar-refractivity contribution in [3.8, 4) is 0 Å². The molecule has 0 saturated heterocycles. The molecule has 3 nitrogen and oxygen atoms in total. The number of hydrogen-bond donors (Lipinski definition) is 2. The van der Waals surface area contributed by atoms with Crippen LogP contribution in [0.4, 0.5) is 4.39 Å². The third kappa shape index (κ3) is 3.98. The Balaban J connectivity index is 2.37. The summed E-state index contributed by atoms with van der Waals surface area (Å²) in [6, 6.07) is 4.72. The molecule has 0 atom stereocenters. The third-order valence-corrected chi connectivity index (χ3v) is 2.43. The van der Waals surface area contributed by atoms with Crippen molar-refractivity contribution in [2.75, 3.05) is 13.6 Å². The van der Waals surface area contributed by atoms with Crippen LogP contribution in [0.5, 0.6) is 0 Å². The first-order valence-corrected chi connectivity index (χ1v) is 5.30. The normalized spacial score (nSPS) is 10.2. The van der Waals surface area contributed by atoms with Gasteiger partial charge in [-0.3, -0.25) is 4.79 Å². The summed E-state index contributed by atoms with van der Waals surface area (Å²) in [7, 11) is 1.61. The molecule has 0 aromatic heterocycles. The van der Waals surface area contributed by atoms with Crippen molar-refractivity contribution in [3.05, 3.63) is 35.1 Å². The maximum atomic E-state index is 12.9. The van der Waals surface area contributed by atoms with Gasteiger partial charge in [0.2, 0.25) is 5.91 Å². The van der Waals surface area contributed by atoms with Gasteiger partial charge in [-0.25, -0.2) is 4.39 Å². The molecule has 0 bridgehead atoms. The molecule has 88 valence electrons. The zero-order valence-corrected chi connectivity index (χ0v) is 9.64. The van der Waals surface area contributed by atoms with E-state index in [4.69, 9.17) is 0 Å². The monoisotopic (exact) mass is 224 g/mol. The van der Waals surface area contributed by atoms with Crippen molar-refractivity contribution >= 4 is 5.91 Å². The predicted molar refractivity (Wildman–Crippen MR) is 61.5 cm³/mol. The van der Waals surface area contributed by atoms with Crippen LogP contribution in [0, 0.1) is 12.7 Å². The maximum absolute atomic E-state index is 12.9. The molecular formula is C12H17FN2O. The number of rotatable bonds is 5. The zero-order valence-electron chi connectivity index (χ0n) is 9.64. The Kier molecular flexibility index (Phi) is 4.92. The minimum absolute atomic E-state index is 0.00321. The van der Waals surface area contributed by atoms with Crippen molar-refractivity contribution in [3.63, 3.8) is 0 Å².